The highest BCUT2D eigenvalue weighted by molar-refractivity contribution is 5.78. The second-order valence-electron chi connectivity index (χ2n) is 4.05. The van der Waals surface area contributed by atoms with Crippen LogP contribution in [0.3, 0.4) is 0 Å². The minimum atomic E-state index is -0.589. The predicted molar refractivity (Wildman–Crippen MR) is 62.8 cm³/mol. The molecule has 1 heterocycles. The van der Waals surface area contributed by atoms with Gasteiger partial charge in [-0.2, -0.15) is 10.4 Å². The van der Waals surface area contributed by atoms with Gasteiger partial charge in [0.2, 0.25) is 0 Å². The topological polar surface area (TPSA) is 53.6 Å². The van der Waals surface area contributed by atoms with Crippen molar-refractivity contribution in [1.82, 2.24) is 15.1 Å². The summed E-state index contributed by atoms with van der Waals surface area (Å²) in [5.41, 5.74) is 0.466. The Morgan fingerprint density at radius 1 is 1.50 bits per heavy atom. The number of aromatic nitrogens is 2. The Balaban J connectivity index is 2.39. The fourth-order valence-electron chi connectivity index (χ4n) is 1.62. The molecule has 0 radical (unpaired) electrons. The molecule has 1 aromatic carbocycles. The Bertz CT molecular complexity index is 537. The van der Waals surface area contributed by atoms with E-state index in [1.807, 2.05) is 42.1 Å². The molecule has 0 saturated heterocycles. The van der Waals surface area contributed by atoms with E-state index in [4.69, 9.17) is 5.26 Å². The SMILES string of the molecule is CNC(C)(C#N)Cn1ncc2ccccc21. The lowest BCUT2D eigenvalue weighted by Crippen LogP contribution is -2.42. The van der Waals surface area contributed by atoms with Gasteiger partial charge in [-0.05, 0) is 20.0 Å². The average molecular weight is 214 g/mol. The van der Waals surface area contributed by atoms with Crippen molar-refractivity contribution < 1.29 is 0 Å². The lowest BCUT2D eigenvalue weighted by molar-refractivity contribution is 0.403. The smallest absolute Gasteiger partial charge is 0.123 e. The van der Waals surface area contributed by atoms with Gasteiger partial charge < -0.3 is 5.32 Å². The minimum absolute atomic E-state index is 0.535. The molecule has 82 valence electrons. The number of rotatable bonds is 3. The van der Waals surface area contributed by atoms with Crippen molar-refractivity contribution in [1.29, 1.82) is 5.26 Å². The van der Waals surface area contributed by atoms with Crippen molar-refractivity contribution in [2.24, 2.45) is 0 Å². The molecule has 2 rings (SSSR count). The van der Waals surface area contributed by atoms with Crippen molar-refractivity contribution in [3.05, 3.63) is 30.5 Å². The van der Waals surface area contributed by atoms with E-state index in [2.05, 4.69) is 16.5 Å². The number of para-hydroxylation sites is 1. The third-order valence-electron chi connectivity index (χ3n) is 2.82. The largest absolute Gasteiger partial charge is 0.301 e. The van der Waals surface area contributed by atoms with Gasteiger partial charge in [0.15, 0.2) is 0 Å². The van der Waals surface area contributed by atoms with Crippen LogP contribution >= 0.6 is 0 Å². The fourth-order valence-corrected chi connectivity index (χ4v) is 1.62. The highest BCUT2D eigenvalue weighted by atomic mass is 15.3. The molecule has 1 unspecified atom stereocenters. The predicted octanol–water partition coefficient (Wildman–Crippen LogP) is 1.54. The van der Waals surface area contributed by atoms with Crippen molar-refractivity contribution in [3.63, 3.8) is 0 Å². The van der Waals surface area contributed by atoms with Gasteiger partial charge in [-0.25, -0.2) is 0 Å². The van der Waals surface area contributed by atoms with E-state index in [-0.39, 0.29) is 0 Å². The summed E-state index contributed by atoms with van der Waals surface area (Å²) in [7, 11) is 1.79. The summed E-state index contributed by atoms with van der Waals surface area (Å²) < 4.78 is 1.86. The van der Waals surface area contributed by atoms with Crippen LogP contribution in [0, 0.1) is 11.3 Å². The summed E-state index contributed by atoms with van der Waals surface area (Å²) in [6.45, 7) is 2.40. The molecule has 4 heteroatoms. The highest BCUT2D eigenvalue weighted by Crippen LogP contribution is 2.15. The minimum Gasteiger partial charge on any atom is -0.301 e. The number of nitrogens with zero attached hydrogens (tertiary/aromatic N) is 3. The van der Waals surface area contributed by atoms with Crippen LogP contribution < -0.4 is 5.32 Å². The number of hydrogen-bond acceptors (Lipinski definition) is 3. The first-order chi connectivity index (χ1) is 7.68. The van der Waals surface area contributed by atoms with Crippen LogP contribution in [0.25, 0.3) is 10.9 Å². The van der Waals surface area contributed by atoms with Crippen LogP contribution in [-0.4, -0.2) is 22.4 Å². The van der Waals surface area contributed by atoms with Gasteiger partial charge in [-0.15, -0.1) is 0 Å². The maximum atomic E-state index is 9.10. The normalized spacial score (nSPS) is 14.6. The standard InChI is InChI=1S/C12H14N4/c1-12(8-13,14-2)9-16-11-6-4-3-5-10(11)7-15-16/h3-7,14H,9H2,1-2H3. The fraction of sp³-hybridized carbons (Fsp3) is 0.333. The second-order valence-corrected chi connectivity index (χ2v) is 4.05. The maximum Gasteiger partial charge on any atom is 0.123 e. The van der Waals surface area contributed by atoms with Crippen LogP contribution in [0.4, 0.5) is 0 Å². The molecule has 1 aromatic heterocycles. The van der Waals surface area contributed by atoms with E-state index < -0.39 is 5.54 Å². The Labute approximate surface area is 94.5 Å². The third kappa shape index (κ3) is 1.77. The van der Waals surface area contributed by atoms with E-state index >= 15 is 0 Å². The number of benzene rings is 1. The Hall–Kier alpha value is -1.86. The summed E-state index contributed by atoms with van der Waals surface area (Å²) in [6.07, 6.45) is 1.82. The zero-order valence-electron chi connectivity index (χ0n) is 9.44. The number of nitriles is 1. The van der Waals surface area contributed by atoms with Crippen molar-refractivity contribution in [2.75, 3.05) is 7.05 Å². The monoisotopic (exact) mass is 214 g/mol. The van der Waals surface area contributed by atoms with E-state index in [9.17, 15) is 0 Å². The van der Waals surface area contributed by atoms with Crippen LogP contribution in [0.2, 0.25) is 0 Å². The Morgan fingerprint density at radius 2 is 2.25 bits per heavy atom. The van der Waals surface area contributed by atoms with Gasteiger partial charge in [-0.3, -0.25) is 4.68 Å². The average Bonchev–Trinajstić information content (AvgIpc) is 2.73. The Kier molecular flexibility index (Phi) is 2.63. The number of nitrogens with one attached hydrogen (secondary N) is 1. The molecular weight excluding hydrogens is 200 g/mol. The number of fused-ring (bicyclic) bond motifs is 1. The van der Waals surface area contributed by atoms with E-state index in [1.165, 1.54) is 0 Å². The van der Waals surface area contributed by atoms with Crippen molar-refractivity contribution >= 4 is 10.9 Å². The molecule has 0 aliphatic heterocycles. The van der Waals surface area contributed by atoms with Gasteiger partial charge in [0.25, 0.3) is 0 Å². The van der Waals surface area contributed by atoms with Gasteiger partial charge in [0.05, 0.1) is 24.3 Å². The molecule has 0 aliphatic carbocycles. The summed E-state index contributed by atoms with van der Waals surface area (Å²) in [5, 5.41) is 17.5. The first-order valence-corrected chi connectivity index (χ1v) is 5.19. The molecule has 0 spiro atoms. The van der Waals surface area contributed by atoms with Crippen LogP contribution in [0.1, 0.15) is 6.92 Å². The molecule has 0 saturated carbocycles. The molecule has 0 bridgehead atoms. The van der Waals surface area contributed by atoms with Crippen molar-refractivity contribution in [2.45, 2.75) is 19.0 Å². The van der Waals surface area contributed by atoms with Crippen molar-refractivity contribution in [3.8, 4) is 6.07 Å². The molecule has 4 nitrogen and oxygen atoms in total. The van der Waals surface area contributed by atoms with Gasteiger partial charge in [0.1, 0.15) is 5.54 Å². The molecule has 0 fully saturated rings. The Morgan fingerprint density at radius 3 is 2.94 bits per heavy atom. The van der Waals surface area contributed by atoms with Crippen LogP contribution in [0.15, 0.2) is 30.5 Å². The molecular formula is C12H14N4. The van der Waals surface area contributed by atoms with Gasteiger partial charge >= 0.3 is 0 Å². The lowest BCUT2D eigenvalue weighted by atomic mass is 10.1. The lowest BCUT2D eigenvalue weighted by Gasteiger charge is -2.20. The van der Waals surface area contributed by atoms with Crippen LogP contribution in [-0.2, 0) is 6.54 Å². The van der Waals surface area contributed by atoms with Gasteiger partial charge in [-0.1, -0.05) is 18.2 Å². The zero-order valence-corrected chi connectivity index (χ0v) is 9.44. The maximum absolute atomic E-state index is 9.10. The summed E-state index contributed by atoms with van der Waals surface area (Å²) in [5.74, 6) is 0. The number of hydrogen-bond donors (Lipinski definition) is 1. The molecule has 16 heavy (non-hydrogen) atoms. The van der Waals surface area contributed by atoms with Crippen LogP contribution in [0.5, 0.6) is 0 Å². The molecule has 0 amide bonds. The quantitative estimate of drug-likeness (QED) is 0.843. The summed E-state index contributed by atoms with van der Waals surface area (Å²) in [6, 6.07) is 10.2. The van der Waals surface area contributed by atoms with E-state index in [0.717, 1.165) is 10.9 Å². The molecule has 2 aromatic rings. The first kappa shape index (κ1) is 10.7. The highest BCUT2D eigenvalue weighted by Gasteiger charge is 2.22. The summed E-state index contributed by atoms with van der Waals surface area (Å²) in [4.78, 5) is 0. The molecule has 1 atom stereocenters. The zero-order chi connectivity index (χ0) is 11.6. The first-order valence-electron chi connectivity index (χ1n) is 5.19. The van der Waals surface area contributed by atoms with Gasteiger partial charge in [0, 0.05) is 5.39 Å². The third-order valence-corrected chi connectivity index (χ3v) is 2.82. The molecule has 1 N–H and O–H groups in total. The number of likely N-dealkylation sites (N-methyl/N-ethyl adjacent to an activating group) is 1. The molecule has 0 aliphatic rings. The second kappa shape index (κ2) is 3.95. The van der Waals surface area contributed by atoms with E-state index in [1.54, 1.807) is 7.05 Å². The van der Waals surface area contributed by atoms with E-state index in [0.29, 0.717) is 6.54 Å². The summed E-state index contributed by atoms with van der Waals surface area (Å²) >= 11 is 0.